The molecule has 29 heavy (non-hydrogen) atoms. The molecule has 0 aliphatic carbocycles. The number of carbonyl (C=O) groups excluding carboxylic acids is 1. The summed E-state index contributed by atoms with van der Waals surface area (Å²) in [7, 11) is 0. The van der Waals surface area contributed by atoms with Crippen molar-refractivity contribution in [1.82, 2.24) is 4.57 Å². The van der Waals surface area contributed by atoms with E-state index in [4.69, 9.17) is 4.74 Å². The van der Waals surface area contributed by atoms with E-state index in [0.717, 1.165) is 41.3 Å². The summed E-state index contributed by atoms with van der Waals surface area (Å²) >= 11 is 0. The number of aromatic nitrogens is 1. The van der Waals surface area contributed by atoms with Crippen LogP contribution < -0.4 is 4.90 Å². The first-order chi connectivity index (χ1) is 13.7. The van der Waals surface area contributed by atoms with Gasteiger partial charge in [0.15, 0.2) is 6.54 Å². The van der Waals surface area contributed by atoms with Crippen molar-refractivity contribution in [2.75, 3.05) is 19.7 Å². The maximum absolute atomic E-state index is 12.7. The van der Waals surface area contributed by atoms with Crippen LogP contribution in [-0.4, -0.2) is 30.2 Å². The smallest absolute Gasteiger partial charge is 0.416 e. The zero-order chi connectivity index (χ0) is 21.4. The van der Waals surface area contributed by atoms with Crippen molar-refractivity contribution >= 4 is 5.97 Å². The molecule has 1 aromatic carbocycles. The number of rotatable bonds is 10. The van der Waals surface area contributed by atoms with Crippen molar-refractivity contribution in [3.63, 3.8) is 0 Å². The number of benzene rings is 1. The van der Waals surface area contributed by atoms with Gasteiger partial charge in [0.25, 0.3) is 0 Å². The van der Waals surface area contributed by atoms with Crippen LogP contribution >= 0.6 is 0 Å². The third kappa shape index (κ3) is 7.57. The second-order valence-corrected chi connectivity index (χ2v) is 7.66. The summed E-state index contributed by atoms with van der Waals surface area (Å²) in [4.78, 5) is 13.1. The highest BCUT2D eigenvalue weighted by Crippen LogP contribution is 2.29. The maximum Gasteiger partial charge on any atom is 0.416 e. The van der Waals surface area contributed by atoms with Crippen molar-refractivity contribution < 1.29 is 27.6 Å². The highest BCUT2D eigenvalue weighted by molar-refractivity contribution is 5.70. The van der Waals surface area contributed by atoms with Crippen LogP contribution in [-0.2, 0) is 28.8 Å². The summed E-state index contributed by atoms with van der Waals surface area (Å²) < 4.78 is 45.4. The summed E-state index contributed by atoms with van der Waals surface area (Å²) in [6.07, 6.45) is -1.42. The Labute approximate surface area is 170 Å². The van der Waals surface area contributed by atoms with Crippen LogP contribution in [0.3, 0.4) is 0 Å². The Morgan fingerprint density at radius 2 is 1.86 bits per heavy atom. The summed E-state index contributed by atoms with van der Waals surface area (Å²) in [6.45, 7) is 8.73. The number of hydrogen-bond acceptors (Lipinski definition) is 2. The average Bonchev–Trinajstić information content (AvgIpc) is 3.06. The van der Waals surface area contributed by atoms with Gasteiger partial charge in [-0.1, -0.05) is 26.0 Å². The lowest BCUT2D eigenvalue weighted by molar-refractivity contribution is -0.907. The van der Waals surface area contributed by atoms with E-state index in [2.05, 4.69) is 13.8 Å². The zero-order valence-electron chi connectivity index (χ0n) is 17.3. The van der Waals surface area contributed by atoms with E-state index in [9.17, 15) is 18.0 Å². The van der Waals surface area contributed by atoms with Gasteiger partial charge in [0.2, 0.25) is 0 Å². The van der Waals surface area contributed by atoms with Crippen LogP contribution in [0.5, 0.6) is 0 Å². The van der Waals surface area contributed by atoms with Gasteiger partial charge in [-0.3, -0.25) is 0 Å². The first-order valence-electron chi connectivity index (χ1n) is 9.98. The predicted molar refractivity (Wildman–Crippen MR) is 105 cm³/mol. The summed E-state index contributed by atoms with van der Waals surface area (Å²) in [5.74, 6) is 0.318. The van der Waals surface area contributed by atoms with Gasteiger partial charge in [0.05, 0.1) is 24.4 Å². The van der Waals surface area contributed by atoms with E-state index in [-0.39, 0.29) is 5.97 Å². The molecule has 1 heterocycles. The zero-order valence-corrected chi connectivity index (χ0v) is 17.3. The Bertz CT molecular complexity index is 767. The van der Waals surface area contributed by atoms with Crippen LogP contribution in [0.4, 0.5) is 13.2 Å². The Morgan fingerprint density at radius 1 is 1.17 bits per heavy atom. The van der Waals surface area contributed by atoms with Crippen LogP contribution in [0.25, 0.3) is 0 Å². The number of alkyl halides is 3. The summed E-state index contributed by atoms with van der Waals surface area (Å²) in [5, 5.41) is 0. The lowest BCUT2D eigenvalue weighted by Crippen LogP contribution is -3.11. The molecule has 0 aliphatic heterocycles. The van der Waals surface area contributed by atoms with Crippen LogP contribution in [0.1, 0.15) is 44.0 Å². The molecule has 2 rings (SSSR count). The molecule has 1 aromatic heterocycles. The van der Waals surface area contributed by atoms with E-state index < -0.39 is 11.7 Å². The quantitative estimate of drug-likeness (QED) is 0.607. The fourth-order valence-electron chi connectivity index (χ4n) is 3.16. The lowest BCUT2D eigenvalue weighted by Gasteiger charge is -2.21. The Kier molecular flexibility index (Phi) is 8.32. The van der Waals surface area contributed by atoms with E-state index in [0.29, 0.717) is 32.2 Å². The molecule has 0 saturated carbocycles. The first-order valence-corrected chi connectivity index (χ1v) is 9.98. The molecule has 0 spiro atoms. The summed E-state index contributed by atoms with van der Waals surface area (Å²) in [5.41, 5.74) is 1.19. The fourth-order valence-corrected chi connectivity index (χ4v) is 3.16. The lowest BCUT2D eigenvalue weighted by atomic mass is 10.1. The number of carbonyl (C=O) groups is 1. The van der Waals surface area contributed by atoms with Gasteiger partial charge >= 0.3 is 12.1 Å². The van der Waals surface area contributed by atoms with Crippen molar-refractivity contribution in [2.24, 2.45) is 5.92 Å². The van der Waals surface area contributed by atoms with E-state index in [1.165, 1.54) is 12.1 Å². The first kappa shape index (κ1) is 23.0. The Hall–Kier alpha value is -2.28. The highest BCUT2D eigenvalue weighted by atomic mass is 19.4. The molecule has 1 unspecified atom stereocenters. The number of halogens is 3. The molecule has 0 radical (unpaired) electrons. The number of ether oxygens (including phenoxy) is 1. The molecule has 0 amide bonds. The van der Waals surface area contributed by atoms with Crippen molar-refractivity contribution in [3.05, 3.63) is 59.4 Å². The van der Waals surface area contributed by atoms with Gasteiger partial charge in [-0.25, -0.2) is 4.79 Å². The van der Waals surface area contributed by atoms with E-state index >= 15 is 0 Å². The minimum Gasteiger partial charge on any atom is -0.462 e. The van der Waals surface area contributed by atoms with Gasteiger partial charge in [0.1, 0.15) is 6.54 Å². The molecule has 2 aromatic rings. The third-order valence-electron chi connectivity index (χ3n) is 4.76. The van der Waals surface area contributed by atoms with Gasteiger partial charge in [-0.05, 0) is 49.1 Å². The number of quaternary nitrogens is 1. The van der Waals surface area contributed by atoms with Crippen LogP contribution in [0.2, 0.25) is 0 Å². The second-order valence-electron chi connectivity index (χ2n) is 7.66. The minimum atomic E-state index is -4.33. The average molecular weight is 411 g/mol. The van der Waals surface area contributed by atoms with E-state index in [1.54, 1.807) is 6.92 Å². The molecular formula is C22H30F3N2O2+. The third-order valence-corrected chi connectivity index (χ3v) is 4.76. The van der Waals surface area contributed by atoms with Crippen molar-refractivity contribution in [1.29, 1.82) is 0 Å². The Morgan fingerprint density at radius 3 is 2.45 bits per heavy atom. The van der Waals surface area contributed by atoms with Crippen molar-refractivity contribution in [3.8, 4) is 0 Å². The standard InChI is InChI=1S/C22H29F3N2O2/c1-4-29-21(28)16-26(13-11-17(2)3)15-20-6-5-12-27(20)14-18-7-9-19(10-8-18)22(23,24)25/h5-10,12,17H,4,11,13-16H2,1-3H3/p+1. The maximum atomic E-state index is 12.7. The number of nitrogens with one attached hydrogen (secondary N) is 1. The van der Waals surface area contributed by atoms with Crippen LogP contribution in [0.15, 0.2) is 42.6 Å². The predicted octanol–water partition coefficient (Wildman–Crippen LogP) is 3.55. The van der Waals surface area contributed by atoms with E-state index in [1.807, 2.05) is 22.9 Å². The Balaban J connectivity index is 2.08. The molecule has 0 bridgehead atoms. The number of hydrogen-bond donors (Lipinski definition) is 1. The molecule has 160 valence electrons. The van der Waals surface area contributed by atoms with Crippen LogP contribution in [0, 0.1) is 5.92 Å². The SMILES string of the molecule is CCOC(=O)C[NH+](CCC(C)C)Cc1cccn1Cc1ccc(C(F)(F)F)cc1. The van der Waals surface area contributed by atoms with Gasteiger partial charge < -0.3 is 14.2 Å². The summed E-state index contributed by atoms with van der Waals surface area (Å²) in [6, 6.07) is 9.15. The molecule has 0 aliphatic rings. The molecule has 1 atom stereocenters. The molecule has 0 saturated heterocycles. The van der Waals surface area contributed by atoms with Gasteiger partial charge in [-0.2, -0.15) is 13.2 Å². The number of nitrogens with zero attached hydrogens (tertiary/aromatic N) is 1. The fraction of sp³-hybridized carbons (Fsp3) is 0.500. The van der Waals surface area contributed by atoms with Crippen molar-refractivity contribution in [2.45, 2.75) is 46.5 Å². The minimum absolute atomic E-state index is 0.216. The second kappa shape index (κ2) is 10.5. The number of esters is 1. The largest absolute Gasteiger partial charge is 0.462 e. The molecule has 4 nitrogen and oxygen atoms in total. The topological polar surface area (TPSA) is 35.7 Å². The highest BCUT2D eigenvalue weighted by Gasteiger charge is 2.30. The molecule has 0 fully saturated rings. The molecule has 7 heteroatoms. The van der Waals surface area contributed by atoms with Gasteiger partial charge in [0, 0.05) is 12.7 Å². The normalized spacial score (nSPS) is 12.9. The molecule has 1 N–H and O–H groups in total. The van der Waals surface area contributed by atoms with Gasteiger partial charge in [-0.15, -0.1) is 0 Å². The monoisotopic (exact) mass is 411 g/mol. The molecular weight excluding hydrogens is 381 g/mol.